The number of aromatic nitrogens is 3. The van der Waals surface area contributed by atoms with E-state index in [2.05, 4.69) is 25.5 Å². The smallest absolute Gasteiger partial charge is 0.416 e. The van der Waals surface area contributed by atoms with E-state index in [9.17, 15) is 18.0 Å². The fourth-order valence-corrected chi connectivity index (χ4v) is 4.99. The number of alkyl halides is 3. The Morgan fingerprint density at radius 2 is 1.93 bits per heavy atom. The molecule has 3 heterocycles. The molecular formula is C28H28ClF3N6O2. The number of ether oxygens (including phenoxy) is 1. The van der Waals surface area contributed by atoms with Crippen LogP contribution in [-0.4, -0.2) is 58.6 Å². The van der Waals surface area contributed by atoms with Crippen LogP contribution in [0.2, 0.25) is 5.02 Å². The Hall–Kier alpha value is -3.83. The number of nitrogens with zero attached hydrogens (tertiary/aromatic N) is 4. The standard InChI is InChI=1S/C28H28ClF3N6O2/c1-40-24-8-7-18(13-22(24)29)17-38-25-23(36-27(38)35-21-6-4-5-20(15-21)28(30,31)32)14-19(16-34-25)26(39)33-9-12-37-10-2-3-11-37/h4-8,13-16H,2-3,9-12,17H2,1H3,(H,33,39)(H,35,36). The van der Waals surface area contributed by atoms with Gasteiger partial charge in [-0.1, -0.05) is 23.7 Å². The van der Waals surface area contributed by atoms with Crippen molar-refractivity contribution in [1.82, 2.24) is 24.8 Å². The van der Waals surface area contributed by atoms with E-state index in [1.54, 1.807) is 22.8 Å². The van der Waals surface area contributed by atoms with E-state index in [1.165, 1.54) is 38.3 Å². The third-order valence-corrected chi connectivity index (χ3v) is 7.06. The van der Waals surface area contributed by atoms with Gasteiger partial charge in [0.05, 0.1) is 29.8 Å². The maximum absolute atomic E-state index is 13.3. The molecule has 1 saturated heterocycles. The maximum Gasteiger partial charge on any atom is 0.416 e. The van der Waals surface area contributed by atoms with Gasteiger partial charge in [0, 0.05) is 25.0 Å². The minimum Gasteiger partial charge on any atom is -0.495 e. The summed E-state index contributed by atoms with van der Waals surface area (Å²) in [5.74, 6) is 0.513. The van der Waals surface area contributed by atoms with Crippen molar-refractivity contribution in [2.45, 2.75) is 25.6 Å². The van der Waals surface area contributed by atoms with Crippen molar-refractivity contribution in [1.29, 1.82) is 0 Å². The molecule has 1 aliphatic rings. The van der Waals surface area contributed by atoms with E-state index in [-0.39, 0.29) is 24.1 Å². The first-order valence-electron chi connectivity index (χ1n) is 12.8. The van der Waals surface area contributed by atoms with Crippen LogP contribution in [0.3, 0.4) is 0 Å². The Morgan fingerprint density at radius 1 is 1.12 bits per heavy atom. The van der Waals surface area contributed by atoms with Gasteiger partial charge in [0.1, 0.15) is 11.3 Å². The zero-order valence-corrected chi connectivity index (χ0v) is 22.5. The SMILES string of the molecule is COc1ccc(Cn2c(Nc3cccc(C(F)(F)F)c3)nc3cc(C(=O)NCCN4CCCC4)cnc32)cc1Cl. The molecule has 0 atom stereocenters. The number of benzene rings is 2. The molecule has 0 spiro atoms. The van der Waals surface area contributed by atoms with Crippen molar-refractivity contribution >= 4 is 40.3 Å². The highest BCUT2D eigenvalue weighted by molar-refractivity contribution is 6.32. The van der Waals surface area contributed by atoms with Crippen LogP contribution in [0.4, 0.5) is 24.8 Å². The Morgan fingerprint density at radius 3 is 2.65 bits per heavy atom. The number of halogens is 4. The van der Waals surface area contributed by atoms with E-state index in [0.29, 0.717) is 34.0 Å². The molecule has 2 aromatic carbocycles. The van der Waals surface area contributed by atoms with Crippen LogP contribution in [0.5, 0.6) is 5.75 Å². The monoisotopic (exact) mass is 572 g/mol. The first-order valence-corrected chi connectivity index (χ1v) is 13.2. The molecule has 1 aliphatic heterocycles. The Kier molecular flexibility index (Phi) is 8.13. The number of imidazole rings is 1. The number of anilines is 2. The topological polar surface area (TPSA) is 84.3 Å². The highest BCUT2D eigenvalue weighted by Crippen LogP contribution is 2.32. The zero-order valence-electron chi connectivity index (χ0n) is 21.8. The van der Waals surface area contributed by atoms with Gasteiger partial charge < -0.3 is 20.3 Å². The summed E-state index contributed by atoms with van der Waals surface area (Å²) >= 11 is 6.32. The minimum absolute atomic E-state index is 0.207. The predicted molar refractivity (Wildman–Crippen MR) is 147 cm³/mol. The van der Waals surface area contributed by atoms with Crippen LogP contribution in [0.15, 0.2) is 54.7 Å². The van der Waals surface area contributed by atoms with Gasteiger partial charge in [0.25, 0.3) is 5.91 Å². The molecule has 0 radical (unpaired) electrons. The van der Waals surface area contributed by atoms with Gasteiger partial charge in [-0.2, -0.15) is 13.2 Å². The lowest BCUT2D eigenvalue weighted by Crippen LogP contribution is -2.33. The zero-order chi connectivity index (χ0) is 28.3. The number of pyridine rings is 1. The summed E-state index contributed by atoms with van der Waals surface area (Å²) < 4.78 is 46.9. The lowest BCUT2D eigenvalue weighted by atomic mass is 10.2. The molecule has 1 amide bonds. The summed E-state index contributed by atoms with van der Waals surface area (Å²) in [5, 5.41) is 6.33. The molecule has 0 unspecified atom stereocenters. The highest BCUT2D eigenvalue weighted by atomic mass is 35.5. The molecule has 0 aliphatic carbocycles. The molecule has 8 nitrogen and oxygen atoms in total. The molecular weight excluding hydrogens is 545 g/mol. The number of nitrogens with one attached hydrogen (secondary N) is 2. The number of carbonyl (C=O) groups excluding carboxylic acids is 1. The van der Waals surface area contributed by atoms with Gasteiger partial charge in [0.2, 0.25) is 5.95 Å². The fraction of sp³-hybridized carbons (Fsp3) is 0.321. The molecule has 210 valence electrons. The van der Waals surface area contributed by atoms with E-state index in [0.717, 1.165) is 37.3 Å². The number of hydrogen-bond acceptors (Lipinski definition) is 6. The first-order chi connectivity index (χ1) is 19.2. The number of amides is 1. The summed E-state index contributed by atoms with van der Waals surface area (Å²) in [4.78, 5) is 24.2. The van der Waals surface area contributed by atoms with Crippen molar-refractivity contribution in [3.8, 4) is 5.75 Å². The molecule has 0 bridgehead atoms. The predicted octanol–water partition coefficient (Wildman–Crippen LogP) is 5.73. The second kappa shape index (κ2) is 11.7. The number of carbonyl (C=O) groups is 1. The maximum atomic E-state index is 13.3. The summed E-state index contributed by atoms with van der Waals surface area (Å²) in [7, 11) is 1.52. The van der Waals surface area contributed by atoms with E-state index in [1.807, 2.05) is 6.07 Å². The summed E-state index contributed by atoms with van der Waals surface area (Å²) in [6, 6.07) is 11.8. The quantitative estimate of drug-likeness (QED) is 0.266. The largest absolute Gasteiger partial charge is 0.495 e. The Bertz CT molecular complexity index is 1520. The number of rotatable bonds is 9. The van der Waals surface area contributed by atoms with Crippen LogP contribution >= 0.6 is 11.6 Å². The number of methoxy groups -OCH3 is 1. The van der Waals surface area contributed by atoms with Gasteiger partial charge in [-0.3, -0.25) is 9.36 Å². The lowest BCUT2D eigenvalue weighted by molar-refractivity contribution is -0.137. The van der Waals surface area contributed by atoms with Crippen LogP contribution in [-0.2, 0) is 12.7 Å². The Labute approximate surface area is 234 Å². The van der Waals surface area contributed by atoms with Gasteiger partial charge in [-0.15, -0.1) is 0 Å². The van der Waals surface area contributed by atoms with E-state index < -0.39 is 11.7 Å². The molecule has 1 fully saturated rings. The van der Waals surface area contributed by atoms with Crippen molar-refractivity contribution < 1.29 is 22.7 Å². The molecule has 12 heteroatoms. The fourth-order valence-electron chi connectivity index (χ4n) is 4.71. The average Bonchev–Trinajstić information content (AvgIpc) is 3.56. The van der Waals surface area contributed by atoms with Gasteiger partial charge in [-0.25, -0.2) is 9.97 Å². The van der Waals surface area contributed by atoms with E-state index in [4.69, 9.17) is 16.3 Å². The van der Waals surface area contributed by atoms with Crippen LogP contribution in [0.25, 0.3) is 11.2 Å². The minimum atomic E-state index is -4.49. The van der Waals surface area contributed by atoms with Crippen molar-refractivity contribution in [2.75, 3.05) is 38.6 Å². The second-order valence-electron chi connectivity index (χ2n) is 9.57. The van der Waals surface area contributed by atoms with E-state index >= 15 is 0 Å². The van der Waals surface area contributed by atoms with Crippen LogP contribution < -0.4 is 15.4 Å². The van der Waals surface area contributed by atoms with Crippen molar-refractivity contribution in [3.63, 3.8) is 0 Å². The van der Waals surface area contributed by atoms with Crippen LogP contribution in [0.1, 0.15) is 34.3 Å². The third kappa shape index (κ3) is 6.31. The van der Waals surface area contributed by atoms with Crippen LogP contribution in [0, 0.1) is 0 Å². The number of hydrogen-bond donors (Lipinski definition) is 2. The van der Waals surface area contributed by atoms with Gasteiger partial charge >= 0.3 is 6.18 Å². The average molecular weight is 573 g/mol. The summed E-state index contributed by atoms with van der Waals surface area (Å²) in [5.41, 5.74) is 1.43. The molecule has 40 heavy (non-hydrogen) atoms. The summed E-state index contributed by atoms with van der Waals surface area (Å²) in [6.07, 6.45) is -0.662. The lowest BCUT2D eigenvalue weighted by Gasteiger charge is -2.14. The number of likely N-dealkylation sites (tertiary alicyclic amines) is 1. The molecule has 2 aromatic heterocycles. The highest BCUT2D eigenvalue weighted by Gasteiger charge is 2.30. The third-order valence-electron chi connectivity index (χ3n) is 6.76. The molecule has 0 saturated carbocycles. The molecule has 4 aromatic rings. The molecule has 5 rings (SSSR count). The first kappa shape index (κ1) is 27.7. The van der Waals surface area contributed by atoms with Gasteiger partial charge in [0.15, 0.2) is 5.65 Å². The van der Waals surface area contributed by atoms with Gasteiger partial charge in [-0.05, 0) is 67.9 Å². The normalized spacial score (nSPS) is 14.0. The second-order valence-corrected chi connectivity index (χ2v) is 9.97. The number of fused-ring (bicyclic) bond motifs is 1. The van der Waals surface area contributed by atoms with Crippen molar-refractivity contribution in [2.24, 2.45) is 0 Å². The Balaban J connectivity index is 1.45. The molecule has 2 N–H and O–H groups in total. The van der Waals surface area contributed by atoms with Crippen molar-refractivity contribution in [3.05, 3.63) is 76.4 Å². The summed E-state index contributed by atoms with van der Waals surface area (Å²) in [6.45, 7) is 3.65.